The number of nitrogens with one attached hydrogen (secondary N) is 1. The monoisotopic (exact) mass is 645 g/mol. The van der Waals surface area contributed by atoms with Crippen LogP contribution >= 0.6 is 0 Å². The third-order valence-electron chi connectivity index (χ3n) is 7.41. The first-order valence-corrected chi connectivity index (χ1v) is 16.7. The van der Waals surface area contributed by atoms with Gasteiger partial charge in [-0.05, 0) is 79.9 Å². The summed E-state index contributed by atoms with van der Waals surface area (Å²) in [4.78, 5) is 29.5. The van der Waals surface area contributed by atoms with Gasteiger partial charge in [-0.1, -0.05) is 67.1 Å². The Morgan fingerprint density at radius 3 is 2.11 bits per heavy atom. The van der Waals surface area contributed by atoms with Crippen molar-refractivity contribution >= 4 is 27.5 Å². The maximum atomic E-state index is 14.5. The molecule has 0 aliphatic rings. The van der Waals surface area contributed by atoms with Crippen LogP contribution in [0.4, 0.5) is 10.1 Å². The van der Waals surface area contributed by atoms with E-state index in [1.54, 1.807) is 48.5 Å². The van der Waals surface area contributed by atoms with Crippen molar-refractivity contribution in [3.63, 3.8) is 0 Å². The van der Waals surface area contributed by atoms with E-state index in [0.717, 1.165) is 15.4 Å². The zero-order chi connectivity index (χ0) is 33.1. The molecule has 4 aromatic rings. The fraction of sp³-hybridized carbons (Fsp3) is 0.278. The average molecular weight is 646 g/mol. The minimum absolute atomic E-state index is 0.0198. The molecular formula is C36H40FN3O5S. The second kappa shape index (κ2) is 16.0. The maximum absolute atomic E-state index is 14.5. The summed E-state index contributed by atoms with van der Waals surface area (Å²) in [7, 11) is -4.23. The van der Waals surface area contributed by atoms with E-state index in [1.807, 2.05) is 51.1 Å². The first kappa shape index (κ1) is 34.2. The molecule has 0 aromatic heterocycles. The lowest BCUT2D eigenvalue weighted by Crippen LogP contribution is -2.53. The molecule has 8 nitrogen and oxygen atoms in total. The number of halogens is 1. The summed E-state index contributed by atoms with van der Waals surface area (Å²) in [6.07, 6.45) is 0.882. The van der Waals surface area contributed by atoms with E-state index in [-0.39, 0.29) is 29.5 Å². The van der Waals surface area contributed by atoms with Gasteiger partial charge in [0.1, 0.15) is 24.2 Å². The number of amides is 2. The Labute approximate surface area is 270 Å². The lowest BCUT2D eigenvalue weighted by atomic mass is 10.0. The van der Waals surface area contributed by atoms with Crippen molar-refractivity contribution < 1.29 is 27.1 Å². The van der Waals surface area contributed by atoms with Crippen LogP contribution in [0.25, 0.3) is 0 Å². The van der Waals surface area contributed by atoms with Gasteiger partial charge in [-0.3, -0.25) is 13.9 Å². The Hall–Kier alpha value is -4.70. The Morgan fingerprint density at radius 2 is 1.50 bits per heavy atom. The molecule has 1 atom stereocenters. The average Bonchev–Trinajstić information content (AvgIpc) is 3.06. The van der Waals surface area contributed by atoms with E-state index in [9.17, 15) is 22.4 Å². The van der Waals surface area contributed by atoms with Crippen LogP contribution in [0.2, 0.25) is 0 Å². The molecule has 0 radical (unpaired) electrons. The van der Waals surface area contributed by atoms with Gasteiger partial charge >= 0.3 is 0 Å². The number of ether oxygens (including phenoxy) is 1. The third kappa shape index (κ3) is 8.94. The topological polar surface area (TPSA) is 96.0 Å². The van der Waals surface area contributed by atoms with Crippen molar-refractivity contribution in [2.75, 3.05) is 24.0 Å². The number of rotatable bonds is 15. The van der Waals surface area contributed by atoms with Crippen LogP contribution in [0.1, 0.15) is 37.0 Å². The minimum atomic E-state index is -4.23. The molecule has 0 aliphatic heterocycles. The van der Waals surface area contributed by atoms with Crippen LogP contribution in [0.15, 0.2) is 108 Å². The van der Waals surface area contributed by atoms with Crippen molar-refractivity contribution in [1.82, 2.24) is 10.2 Å². The summed E-state index contributed by atoms with van der Waals surface area (Å²) in [6, 6.07) is 26.9. The molecule has 242 valence electrons. The number of anilines is 1. The summed E-state index contributed by atoms with van der Waals surface area (Å²) in [5.41, 5.74) is 2.56. The van der Waals surface area contributed by atoms with Crippen molar-refractivity contribution in [3.8, 4) is 5.75 Å². The molecule has 4 rings (SSSR count). The number of aryl methyl sites for hydroxylation is 1. The quantitative estimate of drug-likeness (QED) is 0.174. The highest BCUT2D eigenvalue weighted by atomic mass is 32.2. The fourth-order valence-electron chi connectivity index (χ4n) is 4.95. The number of hydrogen-bond donors (Lipinski definition) is 1. The van der Waals surface area contributed by atoms with E-state index in [1.165, 1.54) is 29.2 Å². The van der Waals surface area contributed by atoms with Crippen molar-refractivity contribution in [3.05, 3.63) is 126 Å². The molecule has 0 fully saturated rings. The normalized spacial score (nSPS) is 11.8. The summed E-state index contributed by atoms with van der Waals surface area (Å²) in [5.74, 6) is -0.843. The molecule has 0 bridgehead atoms. The van der Waals surface area contributed by atoms with Crippen molar-refractivity contribution in [2.24, 2.45) is 0 Å². The fourth-order valence-corrected chi connectivity index (χ4v) is 6.36. The molecule has 0 heterocycles. The zero-order valence-electron chi connectivity index (χ0n) is 26.4. The van der Waals surface area contributed by atoms with Gasteiger partial charge in [0.05, 0.1) is 17.2 Å². The highest BCUT2D eigenvalue weighted by Crippen LogP contribution is 2.27. The Morgan fingerprint density at radius 1 is 0.848 bits per heavy atom. The van der Waals surface area contributed by atoms with Crippen LogP contribution < -0.4 is 14.4 Å². The summed E-state index contributed by atoms with van der Waals surface area (Å²) < 4.78 is 48.7. The van der Waals surface area contributed by atoms with Gasteiger partial charge in [0.25, 0.3) is 10.0 Å². The van der Waals surface area contributed by atoms with Crippen LogP contribution in [-0.2, 0) is 32.6 Å². The number of sulfonamides is 1. The molecular weight excluding hydrogens is 605 g/mol. The van der Waals surface area contributed by atoms with Crippen molar-refractivity contribution in [1.29, 1.82) is 0 Å². The lowest BCUT2D eigenvalue weighted by Gasteiger charge is -2.34. The Balaban J connectivity index is 1.79. The first-order chi connectivity index (χ1) is 22.1. The van der Waals surface area contributed by atoms with Crippen LogP contribution in [0.5, 0.6) is 5.75 Å². The second-order valence-corrected chi connectivity index (χ2v) is 12.8. The maximum Gasteiger partial charge on any atom is 0.264 e. The van der Waals surface area contributed by atoms with Crippen molar-refractivity contribution in [2.45, 2.75) is 51.1 Å². The third-order valence-corrected chi connectivity index (χ3v) is 9.20. The van der Waals surface area contributed by atoms with Gasteiger partial charge in [-0.15, -0.1) is 0 Å². The highest BCUT2D eigenvalue weighted by molar-refractivity contribution is 7.92. The number of nitrogens with zero attached hydrogens (tertiary/aromatic N) is 2. The van der Waals surface area contributed by atoms with Gasteiger partial charge in [-0.2, -0.15) is 0 Å². The molecule has 2 amide bonds. The molecule has 0 aliphatic carbocycles. The largest absolute Gasteiger partial charge is 0.494 e. The summed E-state index contributed by atoms with van der Waals surface area (Å²) in [6.45, 7) is 5.84. The summed E-state index contributed by atoms with van der Waals surface area (Å²) in [5, 5.41) is 2.91. The number of benzene rings is 4. The lowest BCUT2D eigenvalue weighted by molar-refractivity contribution is -0.140. The van der Waals surface area contributed by atoms with Gasteiger partial charge in [0.2, 0.25) is 11.8 Å². The van der Waals surface area contributed by atoms with E-state index in [0.29, 0.717) is 30.9 Å². The molecule has 0 saturated heterocycles. The second-order valence-electron chi connectivity index (χ2n) is 10.9. The predicted octanol–water partition coefficient (Wildman–Crippen LogP) is 5.89. The molecule has 46 heavy (non-hydrogen) atoms. The smallest absolute Gasteiger partial charge is 0.264 e. The number of hydrogen-bond acceptors (Lipinski definition) is 5. The van der Waals surface area contributed by atoms with Gasteiger partial charge in [0, 0.05) is 19.5 Å². The van der Waals surface area contributed by atoms with E-state index < -0.39 is 34.3 Å². The van der Waals surface area contributed by atoms with Gasteiger partial charge in [0.15, 0.2) is 0 Å². The minimum Gasteiger partial charge on any atom is -0.494 e. The van der Waals surface area contributed by atoms with Crippen LogP contribution in [0.3, 0.4) is 0 Å². The van der Waals surface area contributed by atoms with Crippen LogP contribution in [-0.4, -0.2) is 50.9 Å². The summed E-state index contributed by atoms with van der Waals surface area (Å²) >= 11 is 0. The van der Waals surface area contributed by atoms with Gasteiger partial charge in [-0.25, -0.2) is 12.8 Å². The zero-order valence-corrected chi connectivity index (χ0v) is 27.2. The van der Waals surface area contributed by atoms with E-state index in [4.69, 9.17) is 4.74 Å². The highest BCUT2D eigenvalue weighted by Gasteiger charge is 2.34. The molecule has 0 saturated carbocycles. The van der Waals surface area contributed by atoms with Crippen LogP contribution in [0, 0.1) is 12.7 Å². The molecule has 10 heteroatoms. The SMILES string of the molecule is CCCNC(=O)C(Cc1ccccc1)N(Cc1ccc(F)cc1)C(=O)CN(c1ccc(OCC)cc1)S(=O)(=O)c1ccc(C)cc1. The van der Waals surface area contributed by atoms with E-state index in [2.05, 4.69) is 5.32 Å². The predicted molar refractivity (Wildman–Crippen MR) is 178 cm³/mol. The Kier molecular flexibility index (Phi) is 11.9. The molecule has 0 spiro atoms. The molecule has 1 N–H and O–H groups in total. The standard InChI is InChI=1S/C36H40FN3O5S/c1-4-23-38-36(42)34(24-28-9-7-6-8-10-28)39(25-29-13-15-30(37)16-14-29)35(41)26-40(31-17-19-32(20-18-31)45-5-2)46(43,44)33-21-11-27(3)12-22-33/h6-22,34H,4-5,23-26H2,1-3H3,(H,38,42). The van der Waals surface area contributed by atoms with E-state index >= 15 is 0 Å². The number of carbonyl (C=O) groups is 2. The Bertz CT molecular complexity index is 1680. The first-order valence-electron chi connectivity index (χ1n) is 15.3. The molecule has 4 aromatic carbocycles. The molecule has 1 unspecified atom stereocenters. The number of carbonyl (C=O) groups excluding carboxylic acids is 2. The van der Waals surface area contributed by atoms with Gasteiger partial charge < -0.3 is 15.0 Å².